The Balaban J connectivity index is 2.02. The number of rotatable bonds is 4. The van der Waals surface area contributed by atoms with Gasteiger partial charge < -0.3 is 14.9 Å². The van der Waals surface area contributed by atoms with Crippen molar-refractivity contribution in [2.75, 3.05) is 32.1 Å². The van der Waals surface area contributed by atoms with Crippen molar-refractivity contribution in [1.29, 1.82) is 0 Å². The Morgan fingerprint density at radius 2 is 2.00 bits per heavy atom. The van der Waals surface area contributed by atoms with E-state index >= 15 is 0 Å². The Morgan fingerprint density at radius 1 is 1.33 bits per heavy atom. The highest BCUT2D eigenvalue weighted by molar-refractivity contribution is 5.49. The molecule has 0 spiro atoms. The Labute approximate surface area is 110 Å². The van der Waals surface area contributed by atoms with Gasteiger partial charge in [0.15, 0.2) is 0 Å². The zero-order valence-electron chi connectivity index (χ0n) is 11.6. The quantitative estimate of drug-likeness (QED) is 0.885. The van der Waals surface area contributed by atoms with E-state index in [1.54, 1.807) is 0 Å². The molecule has 1 aromatic carbocycles. The minimum atomic E-state index is -0.327. The van der Waals surface area contributed by atoms with E-state index in [1.165, 1.54) is 12.1 Å². The molecule has 2 unspecified atom stereocenters. The van der Waals surface area contributed by atoms with E-state index in [0.717, 1.165) is 25.1 Å². The second-order valence-corrected chi connectivity index (χ2v) is 5.37. The number of hydrogen-bond donors (Lipinski definition) is 1. The monoisotopic (exact) mass is 248 g/mol. The average Bonchev–Trinajstić information content (AvgIpc) is 2.88. The van der Waals surface area contributed by atoms with Crippen LogP contribution >= 0.6 is 0 Å². The highest BCUT2D eigenvalue weighted by Gasteiger charge is 2.23. The molecule has 0 bridgehead atoms. The molecule has 1 N–H and O–H groups in total. The number of anilines is 1. The molecule has 2 rings (SSSR count). The SMILES string of the molecule is CCC(O)c1ccc(N2CCC(N(C)C)C2)cc1. The summed E-state index contributed by atoms with van der Waals surface area (Å²) in [5, 5.41) is 9.78. The highest BCUT2D eigenvalue weighted by atomic mass is 16.3. The Hall–Kier alpha value is -1.06. The van der Waals surface area contributed by atoms with Crippen molar-refractivity contribution in [3.05, 3.63) is 29.8 Å². The van der Waals surface area contributed by atoms with Gasteiger partial charge in [0.05, 0.1) is 6.10 Å². The van der Waals surface area contributed by atoms with Crippen LogP contribution in [0.1, 0.15) is 31.4 Å². The van der Waals surface area contributed by atoms with Gasteiger partial charge in [0.25, 0.3) is 0 Å². The Morgan fingerprint density at radius 3 is 2.50 bits per heavy atom. The maximum Gasteiger partial charge on any atom is 0.0787 e. The van der Waals surface area contributed by atoms with Gasteiger partial charge in [-0.2, -0.15) is 0 Å². The Bertz CT molecular complexity index is 375. The molecule has 3 heteroatoms. The number of aliphatic hydroxyl groups excluding tert-OH is 1. The van der Waals surface area contributed by atoms with Crippen LogP contribution in [0.4, 0.5) is 5.69 Å². The van der Waals surface area contributed by atoms with Gasteiger partial charge in [-0.25, -0.2) is 0 Å². The predicted molar refractivity (Wildman–Crippen MR) is 76.0 cm³/mol. The molecule has 1 aliphatic rings. The average molecular weight is 248 g/mol. The first-order valence-corrected chi connectivity index (χ1v) is 6.81. The third kappa shape index (κ3) is 2.85. The summed E-state index contributed by atoms with van der Waals surface area (Å²) in [5.41, 5.74) is 2.29. The van der Waals surface area contributed by atoms with E-state index in [4.69, 9.17) is 0 Å². The van der Waals surface area contributed by atoms with Crippen LogP contribution in [0.3, 0.4) is 0 Å². The molecule has 18 heavy (non-hydrogen) atoms. The molecule has 2 atom stereocenters. The maximum atomic E-state index is 9.78. The van der Waals surface area contributed by atoms with Crippen LogP contribution in [0.15, 0.2) is 24.3 Å². The predicted octanol–water partition coefficient (Wildman–Crippen LogP) is 2.27. The maximum absolute atomic E-state index is 9.78. The lowest BCUT2D eigenvalue weighted by atomic mass is 10.1. The van der Waals surface area contributed by atoms with Crippen molar-refractivity contribution in [3.63, 3.8) is 0 Å². The summed E-state index contributed by atoms with van der Waals surface area (Å²) >= 11 is 0. The molecule has 0 aromatic heterocycles. The van der Waals surface area contributed by atoms with Crippen LogP contribution in [0, 0.1) is 0 Å². The summed E-state index contributed by atoms with van der Waals surface area (Å²) < 4.78 is 0. The molecule has 100 valence electrons. The molecule has 1 aromatic rings. The molecule has 3 nitrogen and oxygen atoms in total. The van der Waals surface area contributed by atoms with Gasteiger partial charge in [-0.05, 0) is 44.6 Å². The Kier molecular flexibility index (Phi) is 4.25. The van der Waals surface area contributed by atoms with Gasteiger partial charge in [0, 0.05) is 24.8 Å². The number of hydrogen-bond acceptors (Lipinski definition) is 3. The zero-order chi connectivity index (χ0) is 13.1. The normalized spacial score (nSPS) is 21.6. The first-order valence-electron chi connectivity index (χ1n) is 6.81. The van der Waals surface area contributed by atoms with Gasteiger partial charge in [-0.1, -0.05) is 19.1 Å². The van der Waals surface area contributed by atoms with E-state index in [0.29, 0.717) is 6.04 Å². The lowest BCUT2D eigenvalue weighted by Crippen LogP contribution is -2.31. The molecule has 0 amide bonds. The molecular formula is C15H24N2O. The van der Waals surface area contributed by atoms with Crippen molar-refractivity contribution in [1.82, 2.24) is 4.90 Å². The zero-order valence-corrected chi connectivity index (χ0v) is 11.6. The van der Waals surface area contributed by atoms with Gasteiger partial charge in [0.1, 0.15) is 0 Å². The van der Waals surface area contributed by atoms with Crippen LogP contribution < -0.4 is 4.90 Å². The van der Waals surface area contributed by atoms with E-state index in [2.05, 4.69) is 36.0 Å². The van der Waals surface area contributed by atoms with Gasteiger partial charge >= 0.3 is 0 Å². The lowest BCUT2D eigenvalue weighted by Gasteiger charge is -2.22. The molecule has 0 radical (unpaired) electrons. The van der Waals surface area contributed by atoms with E-state index < -0.39 is 0 Å². The van der Waals surface area contributed by atoms with E-state index in [-0.39, 0.29) is 6.10 Å². The molecule has 1 heterocycles. The molecule has 0 saturated carbocycles. The largest absolute Gasteiger partial charge is 0.388 e. The highest BCUT2D eigenvalue weighted by Crippen LogP contribution is 2.24. The number of nitrogens with zero attached hydrogens (tertiary/aromatic N) is 2. The van der Waals surface area contributed by atoms with Crippen molar-refractivity contribution < 1.29 is 5.11 Å². The third-order valence-electron chi connectivity index (χ3n) is 3.92. The van der Waals surface area contributed by atoms with Gasteiger partial charge in [0.2, 0.25) is 0 Å². The van der Waals surface area contributed by atoms with Crippen LogP contribution in [0.25, 0.3) is 0 Å². The smallest absolute Gasteiger partial charge is 0.0787 e. The molecule has 1 fully saturated rings. The number of likely N-dealkylation sites (N-methyl/N-ethyl adjacent to an activating group) is 1. The number of benzene rings is 1. The third-order valence-corrected chi connectivity index (χ3v) is 3.92. The lowest BCUT2D eigenvalue weighted by molar-refractivity contribution is 0.173. The second-order valence-electron chi connectivity index (χ2n) is 5.37. The summed E-state index contributed by atoms with van der Waals surface area (Å²) in [4.78, 5) is 4.72. The van der Waals surface area contributed by atoms with Crippen molar-refractivity contribution in [2.24, 2.45) is 0 Å². The summed E-state index contributed by atoms with van der Waals surface area (Å²) in [6.45, 7) is 4.22. The van der Waals surface area contributed by atoms with Crippen molar-refractivity contribution in [3.8, 4) is 0 Å². The topological polar surface area (TPSA) is 26.7 Å². The van der Waals surface area contributed by atoms with Crippen LogP contribution in [-0.4, -0.2) is 43.2 Å². The van der Waals surface area contributed by atoms with E-state index in [1.807, 2.05) is 19.1 Å². The number of aliphatic hydroxyl groups is 1. The molecular weight excluding hydrogens is 224 g/mol. The minimum absolute atomic E-state index is 0.327. The summed E-state index contributed by atoms with van der Waals surface area (Å²) in [6.07, 6.45) is 1.67. The van der Waals surface area contributed by atoms with Crippen LogP contribution in [0.2, 0.25) is 0 Å². The second kappa shape index (κ2) is 5.72. The standard InChI is InChI=1S/C15H24N2O/c1-4-15(18)12-5-7-13(8-6-12)17-10-9-14(11-17)16(2)3/h5-8,14-15,18H,4,9-11H2,1-3H3. The summed E-state index contributed by atoms with van der Waals surface area (Å²) in [6, 6.07) is 9.02. The fourth-order valence-corrected chi connectivity index (χ4v) is 2.54. The van der Waals surface area contributed by atoms with Crippen LogP contribution in [0.5, 0.6) is 0 Å². The first kappa shape index (κ1) is 13.4. The summed E-state index contributed by atoms with van der Waals surface area (Å²) in [5.74, 6) is 0. The summed E-state index contributed by atoms with van der Waals surface area (Å²) in [7, 11) is 4.30. The molecule has 1 aliphatic heterocycles. The van der Waals surface area contributed by atoms with Gasteiger partial charge in [-0.15, -0.1) is 0 Å². The van der Waals surface area contributed by atoms with Crippen LogP contribution in [-0.2, 0) is 0 Å². The van der Waals surface area contributed by atoms with Gasteiger partial charge in [-0.3, -0.25) is 0 Å². The van der Waals surface area contributed by atoms with E-state index in [9.17, 15) is 5.11 Å². The van der Waals surface area contributed by atoms with Crippen molar-refractivity contribution in [2.45, 2.75) is 31.9 Å². The fraction of sp³-hybridized carbons (Fsp3) is 0.600. The minimum Gasteiger partial charge on any atom is -0.388 e. The molecule has 0 aliphatic carbocycles. The first-order chi connectivity index (χ1) is 8.61. The molecule has 1 saturated heterocycles. The fourth-order valence-electron chi connectivity index (χ4n) is 2.54. The van der Waals surface area contributed by atoms with Crippen molar-refractivity contribution >= 4 is 5.69 Å².